The van der Waals surface area contributed by atoms with Gasteiger partial charge in [-0.3, -0.25) is 0 Å². The molecule has 1 aliphatic heterocycles. The lowest BCUT2D eigenvalue weighted by Crippen LogP contribution is -2.30. The molecular weight excluding hydrogens is 170 g/mol. The highest BCUT2D eigenvalue weighted by molar-refractivity contribution is 5.38. The third kappa shape index (κ3) is 1.57. The zero-order valence-corrected chi connectivity index (χ0v) is 9.30. The molecule has 2 unspecified atom stereocenters. The molecule has 1 N–H and O–H groups in total. The van der Waals surface area contributed by atoms with Crippen LogP contribution in [0.5, 0.6) is 0 Å². The Balaban J connectivity index is 2.45. The van der Waals surface area contributed by atoms with Crippen molar-refractivity contribution in [1.82, 2.24) is 5.32 Å². The Morgan fingerprint density at radius 1 is 1.29 bits per heavy atom. The summed E-state index contributed by atoms with van der Waals surface area (Å²) in [6, 6.07) is 7.47. The number of rotatable bonds is 1. The average Bonchev–Trinajstić information content (AvgIpc) is 2.23. The second-order valence-electron chi connectivity index (χ2n) is 4.35. The van der Waals surface area contributed by atoms with Crippen LogP contribution in [0.4, 0.5) is 0 Å². The Hall–Kier alpha value is -0.820. The minimum atomic E-state index is 0.521. The molecule has 1 aromatic carbocycles. The monoisotopic (exact) mass is 189 g/mol. The number of hydrogen-bond donors (Lipinski definition) is 1. The van der Waals surface area contributed by atoms with Crippen molar-refractivity contribution in [2.45, 2.75) is 39.2 Å². The molecule has 0 spiro atoms. The van der Waals surface area contributed by atoms with Crippen LogP contribution in [0, 0.1) is 0 Å². The van der Waals surface area contributed by atoms with Gasteiger partial charge in [-0.15, -0.1) is 0 Å². The third-order valence-electron chi connectivity index (χ3n) is 3.29. The van der Waals surface area contributed by atoms with Gasteiger partial charge in [0.2, 0.25) is 0 Å². The standard InChI is InChI=1S/C13H19N/c1-4-11-5-6-12-9(2)8-14-10(3)13(12)7-11/h5-7,9-10,14H,4,8H2,1-3H3. The summed E-state index contributed by atoms with van der Waals surface area (Å²) in [7, 11) is 0. The molecular formula is C13H19N. The van der Waals surface area contributed by atoms with Crippen molar-refractivity contribution in [1.29, 1.82) is 0 Å². The van der Waals surface area contributed by atoms with E-state index in [2.05, 4.69) is 44.3 Å². The molecule has 0 bridgehead atoms. The minimum absolute atomic E-state index is 0.521. The van der Waals surface area contributed by atoms with Gasteiger partial charge in [-0.25, -0.2) is 0 Å². The van der Waals surface area contributed by atoms with Crippen molar-refractivity contribution in [3.63, 3.8) is 0 Å². The van der Waals surface area contributed by atoms with E-state index in [0.717, 1.165) is 13.0 Å². The Morgan fingerprint density at radius 2 is 2.07 bits per heavy atom. The molecule has 0 amide bonds. The van der Waals surface area contributed by atoms with Crippen molar-refractivity contribution in [3.8, 4) is 0 Å². The molecule has 1 heterocycles. The van der Waals surface area contributed by atoms with Crippen LogP contribution in [-0.4, -0.2) is 6.54 Å². The van der Waals surface area contributed by atoms with E-state index < -0.39 is 0 Å². The molecule has 1 heteroatoms. The molecule has 2 atom stereocenters. The van der Waals surface area contributed by atoms with Gasteiger partial charge in [0.25, 0.3) is 0 Å². The van der Waals surface area contributed by atoms with E-state index in [-0.39, 0.29) is 0 Å². The Bertz CT molecular complexity index is 330. The Labute approximate surface area is 86.5 Å². The Kier molecular flexibility index (Phi) is 2.60. The third-order valence-corrected chi connectivity index (χ3v) is 3.29. The van der Waals surface area contributed by atoms with E-state index in [4.69, 9.17) is 0 Å². The van der Waals surface area contributed by atoms with Gasteiger partial charge in [0.15, 0.2) is 0 Å². The summed E-state index contributed by atoms with van der Waals surface area (Å²) >= 11 is 0. The van der Waals surface area contributed by atoms with E-state index in [1.807, 2.05) is 0 Å². The molecule has 0 fully saturated rings. The normalized spacial score (nSPS) is 25.9. The molecule has 0 saturated carbocycles. The van der Waals surface area contributed by atoms with E-state index in [9.17, 15) is 0 Å². The van der Waals surface area contributed by atoms with Crippen molar-refractivity contribution in [3.05, 3.63) is 34.9 Å². The SMILES string of the molecule is CCc1ccc2c(c1)C(C)NCC2C. The fraction of sp³-hybridized carbons (Fsp3) is 0.538. The summed E-state index contributed by atoms with van der Waals surface area (Å²) in [5, 5.41) is 3.54. The molecule has 1 nitrogen and oxygen atoms in total. The number of hydrogen-bond acceptors (Lipinski definition) is 1. The van der Waals surface area contributed by atoms with Crippen LogP contribution in [0.2, 0.25) is 0 Å². The van der Waals surface area contributed by atoms with Gasteiger partial charge in [0, 0.05) is 12.6 Å². The fourth-order valence-corrected chi connectivity index (χ4v) is 2.24. The van der Waals surface area contributed by atoms with Gasteiger partial charge in [-0.05, 0) is 36.0 Å². The first-order valence-corrected chi connectivity index (χ1v) is 5.58. The van der Waals surface area contributed by atoms with Crippen LogP contribution in [-0.2, 0) is 6.42 Å². The average molecular weight is 189 g/mol. The van der Waals surface area contributed by atoms with E-state index in [0.29, 0.717) is 12.0 Å². The van der Waals surface area contributed by atoms with E-state index in [1.165, 1.54) is 16.7 Å². The molecule has 76 valence electrons. The summed E-state index contributed by atoms with van der Waals surface area (Å²) in [6.45, 7) is 7.87. The molecule has 0 aromatic heterocycles. The Morgan fingerprint density at radius 3 is 2.79 bits per heavy atom. The maximum absolute atomic E-state index is 3.54. The molecule has 2 rings (SSSR count). The van der Waals surface area contributed by atoms with Crippen LogP contribution in [0.15, 0.2) is 18.2 Å². The second kappa shape index (κ2) is 3.74. The number of aryl methyl sites for hydroxylation is 1. The van der Waals surface area contributed by atoms with Gasteiger partial charge in [-0.1, -0.05) is 32.0 Å². The number of benzene rings is 1. The second-order valence-corrected chi connectivity index (χ2v) is 4.35. The fourth-order valence-electron chi connectivity index (χ4n) is 2.24. The van der Waals surface area contributed by atoms with Gasteiger partial charge < -0.3 is 5.32 Å². The van der Waals surface area contributed by atoms with E-state index in [1.54, 1.807) is 0 Å². The summed E-state index contributed by atoms with van der Waals surface area (Å²) in [6.07, 6.45) is 1.13. The predicted molar refractivity (Wildman–Crippen MR) is 60.7 cm³/mol. The molecule has 14 heavy (non-hydrogen) atoms. The first-order chi connectivity index (χ1) is 6.72. The first kappa shape index (κ1) is 9.72. The molecule has 0 aliphatic carbocycles. The summed E-state index contributed by atoms with van der Waals surface area (Å²) in [5.41, 5.74) is 4.49. The van der Waals surface area contributed by atoms with Crippen LogP contribution >= 0.6 is 0 Å². The highest BCUT2D eigenvalue weighted by Gasteiger charge is 2.20. The summed E-state index contributed by atoms with van der Waals surface area (Å²) < 4.78 is 0. The molecule has 1 aliphatic rings. The van der Waals surface area contributed by atoms with Crippen LogP contribution < -0.4 is 5.32 Å². The smallest absolute Gasteiger partial charge is 0.0294 e. The largest absolute Gasteiger partial charge is 0.310 e. The number of nitrogens with one attached hydrogen (secondary N) is 1. The lowest BCUT2D eigenvalue weighted by Gasteiger charge is -2.29. The van der Waals surface area contributed by atoms with Gasteiger partial charge in [0.1, 0.15) is 0 Å². The molecule has 0 radical (unpaired) electrons. The highest BCUT2D eigenvalue weighted by atomic mass is 14.9. The maximum Gasteiger partial charge on any atom is 0.0294 e. The molecule has 0 saturated heterocycles. The predicted octanol–water partition coefficient (Wildman–Crippen LogP) is 3.02. The summed E-state index contributed by atoms with van der Waals surface area (Å²) in [5.74, 6) is 0.659. The van der Waals surface area contributed by atoms with Crippen LogP contribution in [0.1, 0.15) is 49.4 Å². The lowest BCUT2D eigenvalue weighted by molar-refractivity contribution is 0.494. The minimum Gasteiger partial charge on any atom is -0.310 e. The lowest BCUT2D eigenvalue weighted by atomic mass is 9.87. The molecule has 1 aromatic rings. The summed E-state index contributed by atoms with van der Waals surface area (Å²) in [4.78, 5) is 0. The topological polar surface area (TPSA) is 12.0 Å². The highest BCUT2D eigenvalue weighted by Crippen LogP contribution is 2.30. The van der Waals surface area contributed by atoms with Gasteiger partial charge in [-0.2, -0.15) is 0 Å². The van der Waals surface area contributed by atoms with Crippen molar-refractivity contribution < 1.29 is 0 Å². The zero-order chi connectivity index (χ0) is 10.1. The van der Waals surface area contributed by atoms with Gasteiger partial charge in [0.05, 0.1) is 0 Å². The van der Waals surface area contributed by atoms with Crippen LogP contribution in [0.25, 0.3) is 0 Å². The van der Waals surface area contributed by atoms with Crippen molar-refractivity contribution in [2.24, 2.45) is 0 Å². The maximum atomic E-state index is 3.54. The first-order valence-electron chi connectivity index (χ1n) is 5.58. The van der Waals surface area contributed by atoms with Crippen molar-refractivity contribution >= 4 is 0 Å². The van der Waals surface area contributed by atoms with Crippen molar-refractivity contribution in [2.75, 3.05) is 6.54 Å². The van der Waals surface area contributed by atoms with Gasteiger partial charge >= 0.3 is 0 Å². The van der Waals surface area contributed by atoms with E-state index >= 15 is 0 Å². The quantitative estimate of drug-likeness (QED) is 0.716. The number of fused-ring (bicyclic) bond motifs is 1. The zero-order valence-electron chi connectivity index (χ0n) is 9.30. The van der Waals surface area contributed by atoms with Crippen LogP contribution in [0.3, 0.4) is 0 Å².